The molecule has 0 radical (unpaired) electrons. The second-order valence-corrected chi connectivity index (χ2v) is 9.36. The molecule has 3 saturated carbocycles. The topological polar surface area (TPSA) is 47.6 Å². The Morgan fingerprint density at radius 3 is 2.92 bits per heavy atom. The van der Waals surface area contributed by atoms with Gasteiger partial charge in [-0.1, -0.05) is 12.1 Å². The lowest BCUT2D eigenvalue weighted by Crippen LogP contribution is -2.81. The lowest BCUT2D eigenvalue weighted by Gasteiger charge is -2.72. The zero-order chi connectivity index (χ0) is 17.9. The van der Waals surface area contributed by atoms with Crippen LogP contribution in [-0.4, -0.2) is 37.2 Å². The predicted molar refractivity (Wildman–Crippen MR) is 97.6 cm³/mol. The van der Waals surface area contributed by atoms with Crippen LogP contribution in [0.15, 0.2) is 12.1 Å². The Labute approximate surface area is 154 Å². The van der Waals surface area contributed by atoms with E-state index in [1.807, 2.05) is 0 Å². The van der Waals surface area contributed by atoms with Gasteiger partial charge in [0.1, 0.15) is 23.2 Å². The van der Waals surface area contributed by atoms with Crippen LogP contribution in [0.2, 0.25) is 0 Å². The van der Waals surface area contributed by atoms with Gasteiger partial charge < -0.3 is 14.8 Å². The number of ketones is 1. The summed E-state index contributed by atoms with van der Waals surface area (Å²) in [6.45, 7) is 4.94. The summed E-state index contributed by atoms with van der Waals surface area (Å²) in [4.78, 5) is 12.7. The van der Waals surface area contributed by atoms with Crippen LogP contribution < -0.4 is 10.1 Å². The molecule has 7 rings (SSSR count). The number of Topliss-reactive ketones (excluding diaryl/α,β-unsaturated/α-hetero) is 1. The van der Waals surface area contributed by atoms with E-state index in [-0.39, 0.29) is 28.6 Å². The van der Waals surface area contributed by atoms with E-state index < -0.39 is 5.60 Å². The number of hydrogen-bond donors (Lipinski definition) is 1. The van der Waals surface area contributed by atoms with Gasteiger partial charge in [0.05, 0.1) is 5.92 Å². The number of piperidine rings is 1. The number of methoxy groups -OCH3 is 1. The molecule has 4 bridgehead atoms. The molecule has 0 amide bonds. The van der Waals surface area contributed by atoms with E-state index >= 15 is 0 Å². The zero-order valence-corrected chi connectivity index (χ0v) is 15.9. The van der Waals surface area contributed by atoms with Gasteiger partial charge in [-0.3, -0.25) is 4.79 Å². The predicted octanol–water partition coefficient (Wildman–Crippen LogP) is 2.69. The molecule has 4 heteroatoms. The Bertz CT molecular complexity index is 850. The van der Waals surface area contributed by atoms with Gasteiger partial charge in [0.2, 0.25) is 0 Å². The normalized spacial score (nSPS) is 46.7. The Hall–Kier alpha value is -1.39. The highest BCUT2D eigenvalue weighted by atomic mass is 16.6. The number of nitrogens with one attached hydrogen (secondary N) is 1. The summed E-state index contributed by atoms with van der Waals surface area (Å²) in [6, 6.07) is 4.97. The molecule has 1 N–H and O–H groups in total. The number of carbonyl (C=O) groups excluding carboxylic acids is 1. The molecule has 2 aliphatic heterocycles. The van der Waals surface area contributed by atoms with Crippen molar-refractivity contribution in [3.05, 3.63) is 28.8 Å². The van der Waals surface area contributed by atoms with Crippen LogP contribution in [0.3, 0.4) is 0 Å². The highest BCUT2D eigenvalue weighted by Crippen LogP contribution is 2.75. The Morgan fingerprint density at radius 1 is 1.31 bits per heavy atom. The number of fused-ring (bicyclic) bond motifs is 2. The van der Waals surface area contributed by atoms with Crippen LogP contribution in [0, 0.1) is 18.3 Å². The van der Waals surface area contributed by atoms with Crippen molar-refractivity contribution in [2.24, 2.45) is 11.3 Å². The number of aryl methyl sites for hydroxylation is 1. The second kappa shape index (κ2) is 4.53. The van der Waals surface area contributed by atoms with Crippen LogP contribution in [0.1, 0.15) is 49.3 Å². The maximum absolute atomic E-state index is 12.7. The first-order valence-corrected chi connectivity index (χ1v) is 10.1. The average Bonchev–Trinajstić information content (AvgIpc) is 2.99. The minimum Gasteiger partial charge on any atom is -0.486 e. The van der Waals surface area contributed by atoms with Crippen LogP contribution in [0.4, 0.5) is 0 Å². The van der Waals surface area contributed by atoms with E-state index in [9.17, 15) is 4.79 Å². The fourth-order valence-electron chi connectivity index (χ4n) is 7.96. The smallest absolute Gasteiger partial charge is 0.139 e. The highest BCUT2D eigenvalue weighted by molar-refractivity contribution is 5.81. The standard InChI is InChI=1S/C22H27NO3/c1-12-4-5-14-10-16-20-6-7-22(25-3,15(11-20)13(2)24)19-21(20,8-9-23-16)17(14)18(12)26-19/h4-5,15-16,19,23H,6-11H2,1-3H3/t15-,16-,19-,20-,21+,22-/m1/s1. The molecule has 4 aliphatic carbocycles. The van der Waals surface area contributed by atoms with Crippen LogP contribution in [0.25, 0.3) is 0 Å². The van der Waals surface area contributed by atoms with E-state index in [0.29, 0.717) is 6.04 Å². The Balaban J connectivity index is 1.70. The molecule has 4 nitrogen and oxygen atoms in total. The summed E-state index contributed by atoms with van der Waals surface area (Å²) >= 11 is 0. The maximum Gasteiger partial charge on any atom is 0.139 e. The van der Waals surface area contributed by atoms with Gasteiger partial charge in [-0.15, -0.1) is 0 Å². The van der Waals surface area contributed by atoms with E-state index in [0.717, 1.165) is 44.4 Å². The zero-order valence-electron chi connectivity index (χ0n) is 15.9. The number of rotatable bonds is 2. The number of carbonyl (C=O) groups is 1. The number of ether oxygens (including phenoxy) is 2. The molecule has 4 fully saturated rings. The lowest BCUT2D eigenvalue weighted by molar-refractivity contribution is -0.258. The highest BCUT2D eigenvalue weighted by Gasteiger charge is 2.80. The maximum atomic E-state index is 12.7. The molecule has 138 valence electrons. The van der Waals surface area contributed by atoms with Crippen LogP contribution in [0.5, 0.6) is 5.75 Å². The van der Waals surface area contributed by atoms with E-state index in [1.165, 1.54) is 16.7 Å². The number of hydrogen-bond acceptors (Lipinski definition) is 4. The fourth-order valence-corrected chi connectivity index (χ4v) is 7.96. The molecule has 1 aromatic carbocycles. The second-order valence-electron chi connectivity index (χ2n) is 9.36. The van der Waals surface area contributed by atoms with E-state index in [2.05, 4.69) is 24.4 Å². The third kappa shape index (κ3) is 1.34. The SMILES string of the molecule is CO[C@]12CC[C@@]3(C[C@@H]1C(C)=O)[C@H]1Cc4ccc(C)c5c4[C@@]3(CCN1)[C@H]2O5. The minimum absolute atomic E-state index is 0.0120. The van der Waals surface area contributed by atoms with Gasteiger partial charge in [0.15, 0.2) is 0 Å². The third-order valence-electron chi connectivity index (χ3n) is 8.89. The van der Waals surface area contributed by atoms with Gasteiger partial charge in [-0.2, -0.15) is 0 Å². The Kier molecular flexibility index (Phi) is 2.73. The molecule has 0 unspecified atom stereocenters. The average molecular weight is 353 g/mol. The van der Waals surface area contributed by atoms with Gasteiger partial charge in [-0.25, -0.2) is 0 Å². The first-order valence-electron chi connectivity index (χ1n) is 10.1. The molecule has 1 aromatic rings. The van der Waals surface area contributed by atoms with E-state index in [1.54, 1.807) is 14.0 Å². The molecular formula is C22H27NO3. The molecule has 26 heavy (non-hydrogen) atoms. The van der Waals surface area contributed by atoms with Crippen molar-refractivity contribution in [3.63, 3.8) is 0 Å². The molecule has 2 heterocycles. The Morgan fingerprint density at radius 2 is 2.15 bits per heavy atom. The van der Waals surface area contributed by atoms with Crippen molar-refractivity contribution in [3.8, 4) is 5.75 Å². The first kappa shape index (κ1) is 15.6. The first-order chi connectivity index (χ1) is 12.5. The number of benzene rings is 1. The molecular weight excluding hydrogens is 326 g/mol. The third-order valence-corrected chi connectivity index (χ3v) is 8.89. The summed E-state index contributed by atoms with van der Waals surface area (Å²) in [5.74, 6) is 1.31. The largest absolute Gasteiger partial charge is 0.486 e. The van der Waals surface area contributed by atoms with Crippen molar-refractivity contribution in [2.45, 2.75) is 69.1 Å². The van der Waals surface area contributed by atoms with Crippen molar-refractivity contribution in [1.29, 1.82) is 0 Å². The summed E-state index contributed by atoms with van der Waals surface area (Å²) in [7, 11) is 1.80. The molecule has 1 saturated heterocycles. The van der Waals surface area contributed by atoms with Gasteiger partial charge in [0, 0.05) is 29.5 Å². The molecule has 6 atom stereocenters. The summed E-state index contributed by atoms with van der Waals surface area (Å²) < 4.78 is 13.1. The summed E-state index contributed by atoms with van der Waals surface area (Å²) in [5, 5.41) is 3.84. The van der Waals surface area contributed by atoms with Crippen LogP contribution >= 0.6 is 0 Å². The molecule has 6 aliphatic rings. The van der Waals surface area contributed by atoms with Crippen LogP contribution in [-0.2, 0) is 21.4 Å². The van der Waals surface area contributed by atoms with Gasteiger partial charge in [0.25, 0.3) is 0 Å². The summed E-state index contributed by atoms with van der Waals surface area (Å²) in [5.41, 5.74) is 3.81. The molecule has 2 spiro atoms. The summed E-state index contributed by atoms with van der Waals surface area (Å²) in [6.07, 6.45) is 5.13. The van der Waals surface area contributed by atoms with Gasteiger partial charge in [-0.05, 0) is 63.6 Å². The van der Waals surface area contributed by atoms with Gasteiger partial charge >= 0.3 is 0 Å². The fraction of sp³-hybridized carbons (Fsp3) is 0.682. The quantitative estimate of drug-likeness (QED) is 0.888. The van der Waals surface area contributed by atoms with Crippen molar-refractivity contribution >= 4 is 5.78 Å². The minimum atomic E-state index is -0.477. The molecule has 0 aromatic heterocycles. The monoisotopic (exact) mass is 353 g/mol. The lowest BCUT2D eigenvalue weighted by atomic mass is 9.35. The van der Waals surface area contributed by atoms with Crippen molar-refractivity contribution in [1.82, 2.24) is 5.32 Å². The van der Waals surface area contributed by atoms with E-state index in [4.69, 9.17) is 9.47 Å². The van der Waals surface area contributed by atoms with Crippen molar-refractivity contribution < 1.29 is 14.3 Å². The van der Waals surface area contributed by atoms with Crippen molar-refractivity contribution in [2.75, 3.05) is 13.7 Å².